The molecule has 0 aromatic heterocycles. The number of hydrogen-bond acceptors (Lipinski definition) is 10. The van der Waals surface area contributed by atoms with Gasteiger partial charge < -0.3 is 24.2 Å². The Labute approximate surface area is 465 Å². The van der Waals surface area contributed by atoms with Gasteiger partial charge in [0.25, 0.3) is 0 Å². The average Bonchev–Trinajstić information content (AvgIpc) is 3.41. The van der Waals surface area contributed by atoms with Gasteiger partial charge in [-0.15, -0.1) is 0 Å². The van der Waals surface area contributed by atoms with Crippen molar-refractivity contribution in [2.45, 2.75) is 290 Å². The summed E-state index contributed by atoms with van der Waals surface area (Å²) in [5, 5.41) is 9.83. The van der Waals surface area contributed by atoms with Crippen LogP contribution in [0.3, 0.4) is 0 Å². The fourth-order valence-electron chi connectivity index (χ4n) is 8.44. The minimum Gasteiger partial charge on any atom is -0.462 e. The van der Waals surface area contributed by atoms with Gasteiger partial charge in [0, 0.05) is 19.3 Å². The van der Waals surface area contributed by atoms with Gasteiger partial charge in [-0.2, -0.15) is 0 Å². The van der Waals surface area contributed by atoms with Crippen molar-refractivity contribution in [1.82, 2.24) is 0 Å². The molecule has 0 aliphatic carbocycles. The summed E-state index contributed by atoms with van der Waals surface area (Å²) >= 11 is 0. The van der Waals surface area contributed by atoms with Gasteiger partial charge in [-0.3, -0.25) is 23.4 Å². The Balaban J connectivity index is 4.75. The monoisotopic (exact) mass is 1090 g/mol. The third-order valence-corrected chi connectivity index (χ3v) is 14.1. The number of phosphoric ester groups is 1. The molecule has 12 heteroatoms. The lowest BCUT2D eigenvalue weighted by Crippen LogP contribution is -2.30. The van der Waals surface area contributed by atoms with Crippen molar-refractivity contribution >= 4 is 25.7 Å². The zero-order valence-corrected chi connectivity index (χ0v) is 49.6. The van der Waals surface area contributed by atoms with E-state index < -0.39 is 57.8 Å². The molecule has 0 bridgehead atoms. The van der Waals surface area contributed by atoms with Crippen molar-refractivity contribution in [3.8, 4) is 0 Å². The van der Waals surface area contributed by atoms with Crippen LogP contribution in [-0.2, 0) is 42.2 Å². The Bertz CT molecular complexity index is 1550. The number of carbonyl (C=O) groups is 3. The normalized spacial score (nSPS) is 13.8. The van der Waals surface area contributed by atoms with Crippen molar-refractivity contribution in [3.05, 3.63) is 72.9 Å². The smallest absolute Gasteiger partial charge is 0.462 e. The standard InChI is InChI=1S/C64H113O11P/c1-4-7-10-13-16-19-22-25-28-29-30-31-34-35-38-41-44-47-50-53-62(66)71-57-61(75-64(68)55-52-49-46-43-40-37-33-27-24-21-18-15-12-9-6-3)59-73-76(69,70)72-58-60(56-65)74-63(67)54-51-48-45-42-39-36-32-26-23-20-17-14-11-8-5-2/h7,10,16,19,25,27-28,30-31,33,35,38,60-61,65H,4-6,8-9,11-15,17-18,20-24,26,29,32,34,36-37,39-59H2,1-3H3,(H,69,70)/b10-7-,19-16-,28-25-,31-30-,33-27-,38-35-. The lowest BCUT2D eigenvalue weighted by molar-refractivity contribution is -0.161. The fourth-order valence-corrected chi connectivity index (χ4v) is 9.22. The minimum atomic E-state index is -4.76. The molecule has 440 valence electrons. The van der Waals surface area contributed by atoms with Crippen LogP contribution in [0, 0.1) is 0 Å². The van der Waals surface area contributed by atoms with Gasteiger partial charge in [-0.25, -0.2) is 4.57 Å². The molecule has 11 nitrogen and oxygen atoms in total. The number of carbonyl (C=O) groups excluding carboxylic acids is 3. The highest BCUT2D eigenvalue weighted by molar-refractivity contribution is 7.47. The van der Waals surface area contributed by atoms with Gasteiger partial charge in [0.2, 0.25) is 0 Å². The molecule has 0 fully saturated rings. The molecule has 0 aromatic rings. The highest BCUT2D eigenvalue weighted by atomic mass is 31.2. The third kappa shape index (κ3) is 55.7. The predicted molar refractivity (Wildman–Crippen MR) is 316 cm³/mol. The maximum absolute atomic E-state index is 12.9. The third-order valence-electron chi connectivity index (χ3n) is 13.1. The number of aliphatic hydroxyl groups excluding tert-OH is 1. The van der Waals surface area contributed by atoms with E-state index in [1.807, 2.05) is 0 Å². The topological polar surface area (TPSA) is 155 Å². The summed E-state index contributed by atoms with van der Waals surface area (Å²) < 4.78 is 39.6. The summed E-state index contributed by atoms with van der Waals surface area (Å²) in [5.74, 6) is -1.50. The Morgan fingerprint density at radius 3 is 1.08 bits per heavy atom. The minimum absolute atomic E-state index is 0.150. The summed E-state index contributed by atoms with van der Waals surface area (Å²) in [5.41, 5.74) is 0. The van der Waals surface area contributed by atoms with Gasteiger partial charge in [-0.05, 0) is 89.9 Å². The van der Waals surface area contributed by atoms with E-state index in [0.29, 0.717) is 19.3 Å². The molecule has 0 aromatic carbocycles. The summed E-state index contributed by atoms with van der Waals surface area (Å²) in [4.78, 5) is 48.6. The summed E-state index contributed by atoms with van der Waals surface area (Å²) in [6.45, 7) is 4.51. The van der Waals surface area contributed by atoms with E-state index in [9.17, 15) is 28.9 Å². The first-order valence-corrected chi connectivity index (χ1v) is 32.3. The lowest BCUT2D eigenvalue weighted by Gasteiger charge is -2.21. The second-order valence-corrected chi connectivity index (χ2v) is 21.9. The van der Waals surface area contributed by atoms with Crippen LogP contribution in [0.25, 0.3) is 0 Å². The number of hydrogen-bond donors (Lipinski definition) is 2. The van der Waals surface area contributed by atoms with Gasteiger partial charge in [-0.1, -0.05) is 241 Å². The van der Waals surface area contributed by atoms with Crippen molar-refractivity contribution in [1.29, 1.82) is 0 Å². The molecule has 0 saturated carbocycles. The van der Waals surface area contributed by atoms with E-state index in [4.69, 9.17) is 23.3 Å². The Morgan fingerprint density at radius 2 is 0.684 bits per heavy atom. The Morgan fingerprint density at radius 1 is 0.382 bits per heavy atom. The van der Waals surface area contributed by atoms with Gasteiger partial charge in [0.05, 0.1) is 19.8 Å². The number of ether oxygens (including phenoxy) is 3. The predicted octanol–water partition coefficient (Wildman–Crippen LogP) is 18.5. The molecular formula is C64H113O11P. The largest absolute Gasteiger partial charge is 0.472 e. The van der Waals surface area contributed by atoms with Crippen LogP contribution < -0.4 is 0 Å². The molecule has 2 N–H and O–H groups in total. The second kappa shape index (κ2) is 58.1. The number of phosphoric acid groups is 1. The maximum atomic E-state index is 12.9. The van der Waals surface area contributed by atoms with Gasteiger partial charge in [0.15, 0.2) is 6.10 Å². The maximum Gasteiger partial charge on any atom is 0.472 e. The number of allylic oxidation sites excluding steroid dienone is 12. The van der Waals surface area contributed by atoms with Crippen molar-refractivity contribution in [3.63, 3.8) is 0 Å². The first kappa shape index (κ1) is 72.9. The molecule has 0 saturated heterocycles. The molecule has 3 unspecified atom stereocenters. The number of unbranched alkanes of at least 4 members (excludes halogenated alkanes) is 28. The second-order valence-electron chi connectivity index (χ2n) is 20.5. The first-order chi connectivity index (χ1) is 37.2. The van der Waals surface area contributed by atoms with E-state index in [-0.39, 0.29) is 25.9 Å². The fraction of sp³-hybridized carbons (Fsp3) is 0.766. The zero-order chi connectivity index (χ0) is 55.5. The molecule has 0 heterocycles. The van der Waals surface area contributed by atoms with E-state index in [2.05, 4.69) is 93.7 Å². The number of rotatable bonds is 57. The molecule has 0 spiro atoms. The first-order valence-electron chi connectivity index (χ1n) is 30.8. The highest BCUT2D eigenvalue weighted by Crippen LogP contribution is 2.43. The highest BCUT2D eigenvalue weighted by Gasteiger charge is 2.28. The van der Waals surface area contributed by atoms with Crippen LogP contribution in [0.4, 0.5) is 0 Å². The number of esters is 3. The molecule has 3 atom stereocenters. The van der Waals surface area contributed by atoms with E-state index in [1.54, 1.807) is 0 Å². The lowest BCUT2D eigenvalue weighted by atomic mass is 10.0. The SMILES string of the molecule is CC/C=C\C/C=C\C/C=C\C/C=C\C/C=C\CCCCCC(=O)OCC(COP(=O)(O)OCC(CO)OC(=O)CCCCCCCCCCCCCCCCC)OC(=O)CCCCCCC/C=C\CCCCCCCC. The van der Waals surface area contributed by atoms with Crippen molar-refractivity contribution in [2.24, 2.45) is 0 Å². The summed E-state index contributed by atoms with van der Waals surface area (Å²) in [6, 6.07) is 0. The Hall–Kier alpha value is -3.08. The molecular weight excluding hydrogens is 976 g/mol. The van der Waals surface area contributed by atoms with Crippen LogP contribution in [0.15, 0.2) is 72.9 Å². The van der Waals surface area contributed by atoms with Crippen LogP contribution in [0.2, 0.25) is 0 Å². The Kier molecular flexibility index (Phi) is 55.7. The van der Waals surface area contributed by atoms with Gasteiger partial charge in [0.1, 0.15) is 12.7 Å². The van der Waals surface area contributed by atoms with Crippen LogP contribution >= 0.6 is 7.82 Å². The molecule has 0 aliphatic heterocycles. The molecule has 0 amide bonds. The van der Waals surface area contributed by atoms with E-state index >= 15 is 0 Å². The van der Waals surface area contributed by atoms with Crippen molar-refractivity contribution in [2.75, 3.05) is 26.4 Å². The van der Waals surface area contributed by atoms with Crippen LogP contribution in [0.5, 0.6) is 0 Å². The molecule has 76 heavy (non-hydrogen) atoms. The summed E-state index contributed by atoms with van der Waals surface area (Å²) in [7, 11) is -4.76. The summed E-state index contributed by atoms with van der Waals surface area (Å²) in [6.07, 6.45) is 65.7. The van der Waals surface area contributed by atoms with Gasteiger partial charge >= 0.3 is 25.7 Å². The van der Waals surface area contributed by atoms with E-state index in [0.717, 1.165) is 109 Å². The molecule has 0 rings (SSSR count). The molecule has 0 aliphatic rings. The van der Waals surface area contributed by atoms with Crippen LogP contribution in [-0.4, -0.2) is 66.5 Å². The zero-order valence-electron chi connectivity index (χ0n) is 48.7. The molecule has 0 radical (unpaired) electrons. The van der Waals surface area contributed by atoms with Crippen molar-refractivity contribution < 1.29 is 52.2 Å². The van der Waals surface area contributed by atoms with Crippen LogP contribution in [0.1, 0.15) is 278 Å². The average molecular weight is 1090 g/mol. The number of aliphatic hydroxyl groups is 1. The van der Waals surface area contributed by atoms with E-state index in [1.165, 1.54) is 109 Å². The quantitative estimate of drug-likeness (QED) is 0.0197.